The van der Waals surface area contributed by atoms with Crippen LogP contribution in [-0.4, -0.2) is 4.83 Å². The predicted molar refractivity (Wildman–Crippen MR) is 43.4 cm³/mol. The minimum Gasteiger partial charge on any atom is -0.0890 e. The fourth-order valence-corrected chi connectivity index (χ4v) is 2.78. The van der Waals surface area contributed by atoms with Crippen LogP contribution in [0.4, 0.5) is 0 Å². The van der Waals surface area contributed by atoms with E-state index in [1.165, 1.54) is 30.5 Å². The van der Waals surface area contributed by atoms with Gasteiger partial charge >= 0.3 is 0 Å². The first-order valence-electron chi connectivity index (χ1n) is 2.93. The monoisotopic (exact) mass is 239 g/mol. The van der Waals surface area contributed by atoms with Crippen molar-refractivity contribution in [1.82, 2.24) is 0 Å². The summed E-state index contributed by atoms with van der Waals surface area (Å²) in [5.74, 6) is 0. The molecule has 0 aromatic carbocycles. The Morgan fingerprint density at radius 1 is 1.50 bits per heavy atom. The van der Waals surface area contributed by atoms with Crippen molar-refractivity contribution in [2.75, 3.05) is 0 Å². The predicted octanol–water partition coefficient (Wildman–Crippen LogP) is 3.25. The molecular formula is C6H9Br2. The fraction of sp³-hybridized carbons (Fsp3) is 0.833. The number of hydrogen-bond donors (Lipinski definition) is 0. The molecule has 47 valence electrons. The van der Waals surface area contributed by atoms with Gasteiger partial charge < -0.3 is 0 Å². The Kier molecular flexibility index (Phi) is 2.84. The topological polar surface area (TPSA) is 0 Å². The van der Waals surface area contributed by atoms with Crippen molar-refractivity contribution >= 4 is 31.9 Å². The van der Waals surface area contributed by atoms with Gasteiger partial charge in [-0.25, -0.2) is 0 Å². The Morgan fingerprint density at radius 2 is 2.25 bits per heavy atom. The van der Waals surface area contributed by atoms with E-state index in [4.69, 9.17) is 0 Å². The first kappa shape index (κ1) is 7.07. The summed E-state index contributed by atoms with van der Waals surface area (Å²) in [4.78, 5) is 2.22. The van der Waals surface area contributed by atoms with Gasteiger partial charge in [0, 0.05) is 9.65 Å². The molecule has 0 nitrogen and oxygen atoms in total. The minimum atomic E-state index is 0.741. The molecule has 0 spiro atoms. The lowest BCUT2D eigenvalue weighted by Gasteiger charge is -2.19. The van der Waals surface area contributed by atoms with Gasteiger partial charge in [-0.3, -0.25) is 0 Å². The van der Waals surface area contributed by atoms with E-state index in [0.29, 0.717) is 0 Å². The smallest absolute Gasteiger partial charge is 0.0421 e. The van der Waals surface area contributed by atoms with Crippen molar-refractivity contribution in [3.63, 3.8) is 0 Å². The van der Waals surface area contributed by atoms with E-state index in [2.05, 4.69) is 31.9 Å². The zero-order chi connectivity index (χ0) is 5.98. The van der Waals surface area contributed by atoms with Crippen molar-refractivity contribution in [2.24, 2.45) is 0 Å². The van der Waals surface area contributed by atoms with E-state index in [1.54, 1.807) is 0 Å². The molecule has 8 heavy (non-hydrogen) atoms. The van der Waals surface area contributed by atoms with E-state index in [0.717, 1.165) is 4.83 Å². The van der Waals surface area contributed by atoms with Gasteiger partial charge in [0.2, 0.25) is 0 Å². The van der Waals surface area contributed by atoms with Gasteiger partial charge in [0.25, 0.3) is 0 Å². The molecule has 1 atom stereocenters. The SMILES string of the molecule is Br[C]1CCCC(Br)C1. The lowest BCUT2D eigenvalue weighted by molar-refractivity contribution is 0.602. The standard InChI is InChI=1S/C6H9Br2/c7-5-2-1-3-6(8)4-5/h5H,1-4H2. The van der Waals surface area contributed by atoms with E-state index in [-0.39, 0.29) is 0 Å². The highest BCUT2D eigenvalue weighted by Gasteiger charge is 2.17. The third-order valence-corrected chi connectivity index (χ3v) is 2.91. The summed E-state index contributed by atoms with van der Waals surface area (Å²) in [7, 11) is 0. The lowest BCUT2D eigenvalue weighted by atomic mass is 10.0. The Hall–Kier alpha value is 0.960. The summed E-state index contributed by atoms with van der Waals surface area (Å²) in [6.07, 6.45) is 5.19. The number of hydrogen-bond acceptors (Lipinski definition) is 0. The highest BCUT2D eigenvalue weighted by molar-refractivity contribution is 9.11. The van der Waals surface area contributed by atoms with Gasteiger partial charge in [-0.2, -0.15) is 0 Å². The number of halogens is 2. The van der Waals surface area contributed by atoms with Crippen LogP contribution in [0, 0.1) is 4.83 Å². The third kappa shape index (κ3) is 2.06. The van der Waals surface area contributed by atoms with Crippen molar-refractivity contribution in [3.8, 4) is 0 Å². The molecule has 0 aromatic rings. The largest absolute Gasteiger partial charge is 0.0890 e. The highest BCUT2D eigenvalue weighted by atomic mass is 79.9. The molecule has 1 aliphatic carbocycles. The van der Waals surface area contributed by atoms with Crippen molar-refractivity contribution in [2.45, 2.75) is 30.5 Å². The molecule has 0 amide bonds. The average Bonchev–Trinajstić information content (AvgIpc) is 1.64. The summed E-state index contributed by atoms with van der Waals surface area (Å²) in [6, 6.07) is 0. The molecule has 0 N–H and O–H groups in total. The molecular weight excluding hydrogens is 232 g/mol. The van der Waals surface area contributed by atoms with E-state index < -0.39 is 0 Å². The molecule has 1 rings (SSSR count). The third-order valence-electron chi connectivity index (χ3n) is 1.41. The average molecular weight is 241 g/mol. The molecule has 1 fully saturated rings. The van der Waals surface area contributed by atoms with Gasteiger partial charge in [0.05, 0.1) is 0 Å². The molecule has 1 radical (unpaired) electrons. The zero-order valence-corrected chi connectivity index (χ0v) is 7.83. The van der Waals surface area contributed by atoms with Crippen molar-refractivity contribution in [1.29, 1.82) is 0 Å². The molecule has 1 unspecified atom stereocenters. The Bertz CT molecular complexity index is 64.9. The van der Waals surface area contributed by atoms with E-state index >= 15 is 0 Å². The second-order valence-corrected chi connectivity index (χ2v) is 4.63. The maximum Gasteiger partial charge on any atom is 0.0421 e. The summed E-state index contributed by atoms with van der Waals surface area (Å²) >= 11 is 7.09. The molecule has 0 saturated heterocycles. The van der Waals surface area contributed by atoms with Crippen LogP contribution in [0.15, 0.2) is 0 Å². The quantitative estimate of drug-likeness (QED) is 0.571. The van der Waals surface area contributed by atoms with Crippen LogP contribution in [0.1, 0.15) is 25.7 Å². The Labute approximate surface area is 67.3 Å². The van der Waals surface area contributed by atoms with Gasteiger partial charge in [-0.05, 0) is 19.3 Å². The molecule has 0 bridgehead atoms. The Balaban J connectivity index is 2.23. The van der Waals surface area contributed by atoms with Crippen LogP contribution in [-0.2, 0) is 0 Å². The maximum atomic E-state index is 3.58. The van der Waals surface area contributed by atoms with Crippen LogP contribution in [0.2, 0.25) is 0 Å². The first-order chi connectivity index (χ1) is 3.79. The normalized spacial score (nSPS) is 33.0. The van der Waals surface area contributed by atoms with Gasteiger partial charge in [0.15, 0.2) is 0 Å². The summed E-state index contributed by atoms with van der Waals surface area (Å²) in [6.45, 7) is 0. The van der Waals surface area contributed by atoms with Gasteiger partial charge in [-0.15, -0.1) is 0 Å². The van der Waals surface area contributed by atoms with Crippen LogP contribution in [0.3, 0.4) is 0 Å². The van der Waals surface area contributed by atoms with Crippen LogP contribution in [0.5, 0.6) is 0 Å². The number of rotatable bonds is 0. The molecule has 1 aliphatic rings. The number of alkyl halides is 1. The highest BCUT2D eigenvalue weighted by Crippen LogP contribution is 2.33. The second kappa shape index (κ2) is 3.21. The molecule has 0 heterocycles. The fourth-order valence-electron chi connectivity index (χ4n) is 0.960. The van der Waals surface area contributed by atoms with Crippen LogP contribution in [0.25, 0.3) is 0 Å². The van der Waals surface area contributed by atoms with E-state index in [9.17, 15) is 0 Å². The second-order valence-electron chi connectivity index (χ2n) is 2.21. The molecule has 0 aromatic heterocycles. The zero-order valence-electron chi connectivity index (χ0n) is 4.66. The van der Waals surface area contributed by atoms with Crippen LogP contribution >= 0.6 is 31.9 Å². The minimum absolute atomic E-state index is 0.741. The lowest BCUT2D eigenvalue weighted by Crippen LogP contribution is -2.08. The molecule has 0 aliphatic heterocycles. The van der Waals surface area contributed by atoms with Gasteiger partial charge in [0.1, 0.15) is 0 Å². The first-order valence-corrected chi connectivity index (χ1v) is 4.64. The summed E-state index contributed by atoms with van der Waals surface area (Å²) in [5, 5.41) is 0. The summed E-state index contributed by atoms with van der Waals surface area (Å²) in [5.41, 5.74) is 0. The van der Waals surface area contributed by atoms with Crippen LogP contribution < -0.4 is 0 Å². The van der Waals surface area contributed by atoms with E-state index in [1.807, 2.05) is 0 Å². The van der Waals surface area contributed by atoms with Gasteiger partial charge in [-0.1, -0.05) is 38.3 Å². The maximum absolute atomic E-state index is 3.58. The molecule has 2 heteroatoms. The summed E-state index contributed by atoms with van der Waals surface area (Å²) < 4.78 is 0. The molecule has 1 saturated carbocycles. The Morgan fingerprint density at radius 3 is 2.62 bits per heavy atom. The van der Waals surface area contributed by atoms with Crippen molar-refractivity contribution < 1.29 is 0 Å². The van der Waals surface area contributed by atoms with Crippen molar-refractivity contribution in [3.05, 3.63) is 4.83 Å².